The third-order valence-corrected chi connectivity index (χ3v) is 9.57. The summed E-state index contributed by atoms with van der Waals surface area (Å²) in [4.78, 5) is 71.0. The van der Waals surface area contributed by atoms with E-state index >= 15 is 0 Å². The zero-order valence-electron chi connectivity index (χ0n) is 28.3. The van der Waals surface area contributed by atoms with Crippen molar-refractivity contribution < 1.29 is 33.5 Å². The predicted molar refractivity (Wildman–Crippen MR) is 198 cm³/mol. The maximum atomic E-state index is 13.5. The zero-order chi connectivity index (χ0) is 36.2. The van der Waals surface area contributed by atoms with Gasteiger partial charge in [-0.3, -0.25) is 9.59 Å². The van der Waals surface area contributed by atoms with Gasteiger partial charge < -0.3 is 19.2 Å². The molecule has 1 aliphatic heterocycles. The van der Waals surface area contributed by atoms with Crippen LogP contribution in [0.25, 0.3) is 11.4 Å². The molecule has 3 rings (SSSR count). The van der Waals surface area contributed by atoms with Crippen molar-refractivity contribution in [3.63, 3.8) is 0 Å². The van der Waals surface area contributed by atoms with Crippen molar-refractivity contribution in [3.8, 4) is 0 Å². The van der Waals surface area contributed by atoms with Crippen LogP contribution in [0.4, 0.5) is 5.69 Å². The Morgan fingerprint density at radius 2 is 1.71 bits per heavy atom. The molecule has 0 saturated heterocycles. The van der Waals surface area contributed by atoms with Gasteiger partial charge in [0.15, 0.2) is 6.29 Å². The van der Waals surface area contributed by atoms with Gasteiger partial charge in [0.05, 0.1) is 11.5 Å². The number of fused-ring (bicyclic) bond motifs is 2. The van der Waals surface area contributed by atoms with Crippen LogP contribution in [0.15, 0.2) is 59.5 Å². The molecular weight excluding hydrogens is 772 g/mol. The largest absolute Gasteiger partial charge is 0.328 e. The van der Waals surface area contributed by atoms with Crippen LogP contribution < -0.4 is 19.5 Å². The molecule has 0 unspecified atom stereocenters. The number of unbranched alkanes of at least 4 members (excludes halogenated alkanes) is 3. The standard InChI is InChI=1S/C32H42N5O7PS.C2H6.Sn/c1-36(30(41)20-24(22-38)46-19-9-3-2-8-18-44-45(42)43)17-15-28(39)35-16-14-29(40)37-21-23-10-4-5-11-25(23)31(33)32(34)26-12-6-7-13-27(26)37;1-2;/h4-7,10-13,20,22,42-43H,2-3,8-9,14-19,21H2,1H3,(H5,33,34,35,38,39,41);1-2H3;/q;;+1/p-1. The molecule has 1 aliphatic rings. The summed E-state index contributed by atoms with van der Waals surface area (Å²) in [6.45, 7) is 4.92. The van der Waals surface area contributed by atoms with Gasteiger partial charge >= 0.3 is 181 Å². The number of thioether (sulfide) groups is 1. The Bertz CT molecular complexity index is 1460. The molecule has 0 aromatic heterocycles. The second-order valence-corrected chi connectivity index (χ2v) is 13.3. The predicted octanol–water partition coefficient (Wildman–Crippen LogP) is 3.98. The maximum Gasteiger partial charge on any atom is 0.327 e. The van der Waals surface area contributed by atoms with Crippen LogP contribution in [0, 0.1) is 0 Å². The summed E-state index contributed by atoms with van der Waals surface area (Å²) in [6, 6.07) is 15.3. The number of nitrogens with zero attached hydrogens (tertiary/aromatic N) is 2. The number of carbonyl (C=O) groups excluding carboxylic acids is 4. The number of nitrogens with one attached hydrogen (secondary N) is 2. The van der Waals surface area contributed by atoms with Crippen molar-refractivity contribution in [3.05, 3.63) is 76.2 Å². The van der Waals surface area contributed by atoms with Crippen molar-refractivity contribution in [2.45, 2.75) is 58.9 Å². The Labute approximate surface area is 308 Å². The van der Waals surface area contributed by atoms with E-state index in [0.29, 0.717) is 41.3 Å². The van der Waals surface area contributed by atoms with Crippen molar-refractivity contribution in [2.75, 3.05) is 37.4 Å². The van der Waals surface area contributed by atoms with Crippen LogP contribution in [-0.2, 0) is 30.2 Å². The molecule has 265 valence electrons. The van der Waals surface area contributed by atoms with Gasteiger partial charge in [-0.1, -0.05) is 26.7 Å². The molecule has 0 saturated carbocycles. The summed E-state index contributed by atoms with van der Waals surface area (Å²) < 4.78 is 8.02. The minimum atomic E-state index is -2.31. The average molecular weight is 820 g/mol. The first-order chi connectivity index (χ1) is 23.7. The molecule has 2 aromatic rings. The van der Waals surface area contributed by atoms with Gasteiger partial charge in [-0.2, -0.15) is 0 Å². The van der Waals surface area contributed by atoms with Crippen LogP contribution in [0.2, 0.25) is 0 Å². The number of para-hydroxylation sites is 1. The van der Waals surface area contributed by atoms with E-state index in [0.717, 1.165) is 64.4 Å². The summed E-state index contributed by atoms with van der Waals surface area (Å²) in [5, 5.41) is 2.78. The van der Waals surface area contributed by atoms with E-state index in [1.165, 1.54) is 22.7 Å². The number of rotatable bonds is 18. The molecule has 15 heteroatoms. The van der Waals surface area contributed by atoms with E-state index in [1.807, 2.05) is 62.4 Å². The minimum Gasteiger partial charge on any atom is -0.328 e. The molecule has 0 aliphatic carbocycles. The number of benzene rings is 2. The van der Waals surface area contributed by atoms with E-state index in [-0.39, 0.29) is 50.3 Å². The van der Waals surface area contributed by atoms with E-state index in [1.54, 1.807) is 11.9 Å². The monoisotopic (exact) mass is 820 g/mol. The van der Waals surface area contributed by atoms with Crippen LogP contribution in [0.5, 0.6) is 0 Å². The molecule has 0 atom stereocenters. The number of amides is 3. The first-order valence-electron chi connectivity index (χ1n) is 16.2. The Hall–Kier alpha value is -2.94. The Balaban J connectivity index is 0.00000409. The fourth-order valence-corrected chi connectivity index (χ4v) is 6.78. The first kappa shape index (κ1) is 42.2. The molecule has 6 N–H and O–H groups in total. The topological polar surface area (TPSA) is 175 Å². The Morgan fingerprint density at radius 1 is 1.04 bits per heavy atom. The van der Waals surface area contributed by atoms with Gasteiger partial charge in [0, 0.05) is 19.7 Å². The van der Waals surface area contributed by atoms with Crippen molar-refractivity contribution in [1.82, 2.24) is 13.8 Å². The molecule has 3 amide bonds. The van der Waals surface area contributed by atoms with Crippen molar-refractivity contribution in [2.24, 2.45) is 5.73 Å². The molecule has 1 heterocycles. The zero-order valence-corrected chi connectivity index (χ0v) is 32.9. The number of aldehydes is 1. The van der Waals surface area contributed by atoms with Crippen molar-refractivity contribution >= 4 is 84.3 Å². The molecule has 0 fully saturated rings. The van der Waals surface area contributed by atoms with Gasteiger partial charge in [-0.05, 0) is 18.6 Å². The van der Waals surface area contributed by atoms with E-state index in [9.17, 15) is 19.2 Å². The molecule has 2 aromatic carbocycles. The third kappa shape index (κ3) is 14.1. The fraction of sp³-hybridized carbons (Fsp3) is 0.412. The summed E-state index contributed by atoms with van der Waals surface area (Å²) in [7, 11) is -0.750. The molecule has 3 radical (unpaired) electrons. The molecule has 0 bridgehead atoms. The molecule has 0 spiro atoms. The number of likely N-dealkylation sites (N-methyl/N-ethyl adjacent to an activating group) is 1. The number of anilines is 1. The minimum absolute atomic E-state index is 0.0439. The number of hydrogen-bond acceptors (Lipinski definition) is 10. The van der Waals surface area contributed by atoms with Gasteiger partial charge in [-0.25, -0.2) is 0 Å². The normalized spacial score (nSPS) is 14.0. The van der Waals surface area contributed by atoms with E-state index < -0.39 is 8.60 Å². The summed E-state index contributed by atoms with van der Waals surface area (Å²) in [5.74, 6) is -0.171. The summed E-state index contributed by atoms with van der Waals surface area (Å²) >= 11 is 2.39. The van der Waals surface area contributed by atoms with E-state index in [2.05, 4.69) is 8.86 Å². The van der Waals surface area contributed by atoms with Crippen LogP contribution in [0.3, 0.4) is 0 Å². The fourth-order valence-electron chi connectivity index (χ4n) is 4.88. The number of carbonyl (C=O) groups is 4. The smallest absolute Gasteiger partial charge is 0.327 e. The number of nitrogens with two attached hydrogens (primary N) is 1. The van der Waals surface area contributed by atoms with Crippen LogP contribution in [0.1, 0.15) is 69.1 Å². The third-order valence-electron chi connectivity index (χ3n) is 7.40. The quantitative estimate of drug-likeness (QED) is 0.0487. The molecule has 12 nitrogen and oxygen atoms in total. The van der Waals surface area contributed by atoms with E-state index in [4.69, 9.17) is 20.0 Å². The SMILES string of the molecule is CC.CN(CCC(=O)NCCC(=O)N1Cc2ccccc2/C([NH][Sn])=C(/N)c2ccccc21)C(=O)/C=C(\C=O)SCCCCCCOP(O)O. The van der Waals surface area contributed by atoms with Gasteiger partial charge in [0.2, 0.25) is 5.91 Å². The number of allylic oxidation sites excluding steroid dienone is 1. The van der Waals surface area contributed by atoms with Gasteiger partial charge in [0.25, 0.3) is 0 Å². The number of hydrogen-bond donors (Lipinski definition) is 5. The second-order valence-electron chi connectivity index (χ2n) is 10.7. The maximum absolute atomic E-state index is 13.5. The van der Waals surface area contributed by atoms with Crippen LogP contribution >= 0.6 is 20.4 Å². The Kier molecular flexibility index (Phi) is 20.2. The van der Waals surface area contributed by atoms with Gasteiger partial charge in [-0.15, -0.1) is 11.8 Å². The summed E-state index contributed by atoms with van der Waals surface area (Å²) in [5.41, 5.74) is 11.4. The van der Waals surface area contributed by atoms with Crippen LogP contribution in [-0.4, -0.2) is 94.0 Å². The second kappa shape index (κ2) is 23.5. The first-order valence-corrected chi connectivity index (χ1v) is 19.8. The van der Waals surface area contributed by atoms with Crippen molar-refractivity contribution in [1.29, 1.82) is 0 Å². The molecule has 49 heavy (non-hydrogen) atoms. The summed E-state index contributed by atoms with van der Waals surface area (Å²) in [6.07, 6.45) is 5.32. The molecular formula is C34H47N5O7PSSn. The van der Waals surface area contributed by atoms with Gasteiger partial charge in [0.1, 0.15) is 0 Å². The average Bonchev–Trinajstić information content (AvgIpc) is 3.10. The Morgan fingerprint density at radius 3 is 2.41 bits per heavy atom.